The van der Waals surface area contributed by atoms with Crippen molar-refractivity contribution >= 4 is 27.6 Å². The predicted octanol–water partition coefficient (Wildman–Crippen LogP) is 3.86. The van der Waals surface area contributed by atoms with Crippen LogP contribution in [0.1, 0.15) is 37.7 Å². The number of likely N-dealkylation sites (tertiary alicyclic amines) is 1. The summed E-state index contributed by atoms with van der Waals surface area (Å²) >= 11 is 5.88. The maximum absolute atomic E-state index is 12.8. The lowest BCUT2D eigenvalue weighted by atomic mass is 10.1. The zero-order chi connectivity index (χ0) is 23.0. The molecule has 0 saturated carbocycles. The number of benzene rings is 1. The number of hydrogen-bond donors (Lipinski definition) is 2. The number of carboxylic acid groups (broad SMARTS) is 1. The number of hydrogen-bond acceptors (Lipinski definition) is 5. The van der Waals surface area contributed by atoms with Crippen LogP contribution >= 0.6 is 11.6 Å². The molecule has 0 amide bonds. The van der Waals surface area contributed by atoms with E-state index in [0.29, 0.717) is 31.0 Å². The summed E-state index contributed by atoms with van der Waals surface area (Å²) in [6.45, 7) is 1.25. The van der Waals surface area contributed by atoms with Crippen molar-refractivity contribution in [3.63, 3.8) is 0 Å². The van der Waals surface area contributed by atoms with Gasteiger partial charge in [-0.1, -0.05) is 29.8 Å². The number of aromatic nitrogens is 1. The summed E-state index contributed by atoms with van der Waals surface area (Å²) in [5.41, 5.74) is 1.06. The van der Waals surface area contributed by atoms with E-state index >= 15 is 0 Å². The number of nitrogens with zero attached hydrogens (tertiary/aromatic N) is 2. The third-order valence-electron chi connectivity index (χ3n) is 5.37. The highest BCUT2D eigenvalue weighted by Crippen LogP contribution is 2.24. The normalized spacial score (nSPS) is 19.5. The second kappa shape index (κ2) is 11.6. The van der Waals surface area contributed by atoms with E-state index in [2.05, 4.69) is 26.8 Å². The number of sulfonamides is 1. The Balaban J connectivity index is 1.65. The van der Waals surface area contributed by atoms with Crippen molar-refractivity contribution in [3.8, 4) is 0 Å². The van der Waals surface area contributed by atoms with Crippen molar-refractivity contribution in [1.29, 1.82) is 0 Å². The lowest BCUT2D eigenvalue weighted by molar-refractivity contribution is -0.137. The number of unbranched alkanes of at least 4 members (excludes halogenated alkanes) is 2. The first-order valence-corrected chi connectivity index (χ1v) is 12.5. The lowest BCUT2D eigenvalue weighted by Crippen LogP contribution is -2.37. The molecule has 1 aromatic carbocycles. The maximum atomic E-state index is 12.8. The number of nitrogens with one attached hydrogen (secondary N) is 1. The number of halogens is 1. The van der Waals surface area contributed by atoms with Crippen LogP contribution in [0.3, 0.4) is 0 Å². The predicted molar refractivity (Wildman–Crippen MR) is 124 cm³/mol. The van der Waals surface area contributed by atoms with Crippen LogP contribution in [0.2, 0.25) is 5.02 Å². The van der Waals surface area contributed by atoms with Gasteiger partial charge in [0.15, 0.2) is 0 Å². The Kier molecular flexibility index (Phi) is 8.81. The molecule has 32 heavy (non-hydrogen) atoms. The number of carboxylic acids is 1. The van der Waals surface area contributed by atoms with Gasteiger partial charge in [-0.2, -0.15) is 0 Å². The average Bonchev–Trinajstić information content (AvgIpc) is 3.11. The Morgan fingerprint density at radius 2 is 2.03 bits per heavy atom. The van der Waals surface area contributed by atoms with Gasteiger partial charge in [-0.05, 0) is 61.6 Å². The molecule has 3 rings (SSSR count). The zero-order valence-electron chi connectivity index (χ0n) is 17.7. The van der Waals surface area contributed by atoms with Gasteiger partial charge in [0, 0.05) is 49.0 Å². The quantitative estimate of drug-likeness (QED) is 0.376. The van der Waals surface area contributed by atoms with Crippen LogP contribution in [-0.4, -0.2) is 48.0 Å². The number of allylic oxidation sites excluding steroid dienone is 1. The Labute approximate surface area is 194 Å². The van der Waals surface area contributed by atoms with Crippen LogP contribution in [0.15, 0.2) is 65.8 Å². The number of rotatable bonds is 11. The Bertz CT molecular complexity index is 1010. The van der Waals surface area contributed by atoms with E-state index in [1.54, 1.807) is 18.3 Å². The first-order valence-electron chi connectivity index (χ1n) is 10.6. The fourth-order valence-electron chi connectivity index (χ4n) is 3.82. The molecule has 7 nitrogen and oxygen atoms in total. The van der Waals surface area contributed by atoms with Crippen molar-refractivity contribution in [2.75, 3.05) is 6.54 Å². The fraction of sp³-hybridized carbons (Fsp3) is 0.391. The first kappa shape index (κ1) is 24.4. The van der Waals surface area contributed by atoms with Gasteiger partial charge in [0.2, 0.25) is 10.0 Å². The Morgan fingerprint density at radius 1 is 1.25 bits per heavy atom. The molecule has 9 heteroatoms. The van der Waals surface area contributed by atoms with Gasteiger partial charge in [0.1, 0.15) is 0 Å². The third kappa shape index (κ3) is 7.41. The fourth-order valence-corrected chi connectivity index (χ4v) is 5.19. The smallest absolute Gasteiger partial charge is 0.303 e. The van der Waals surface area contributed by atoms with E-state index in [1.165, 1.54) is 12.1 Å². The lowest BCUT2D eigenvalue weighted by Gasteiger charge is -2.21. The highest BCUT2D eigenvalue weighted by molar-refractivity contribution is 7.89. The molecule has 0 radical (unpaired) electrons. The highest BCUT2D eigenvalue weighted by Gasteiger charge is 2.33. The van der Waals surface area contributed by atoms with E-state index in [4.69, 9.17) is 16.7 Å². The summed E-state index contributed by atoms with van der Waals surface area (Å²) in [7, 11) is -3.65. The van der Waals surface area contributed by atoms with Crippen molar-refractivity contribution in [2.24, 2.45) is 0 Å². The van der Waals surface area contributed by atoms with Gasteiger partial charge in [-0.25, -0.2) is 13.1 Å². The Hall–Kier alpha value is -2.26. The molecule has 1 aliphatic rings. The minimum absolute atomic E-state index is 0.0765. The standard InChI is InChI=1S/C23H28ClN3O4S/c24-19-9-11-22(12-10-19)32(30,31)26-20-14-21(7-3-1-2-4-8-23(28)29)27(17-20)16-18-6-5-13-25-15-18/h3,5-7,9-13,15,20-21,26H,1-2,4,8,14,16-17H2,(H,28,29)/t20-,21-/m1/s1. The van der Waals surface area contributed by atoms with Crippen molar-refractivity contribution in [1.82, 2.24) is 14.6 Å². The average molecular weight is 478 g/mol. The monoisotopic (exact) mass is 477 g/mol. The van der Waals surface area contributed by atoms with E-state index < -0.39 is 16.0 Å². The number of pyridine rings is 1. The van der Waals surface area contributed by atoms with Crippen molar-refractivity contribution in [3.05, 3.63) is 71.5 Å². The molecule has 2 aromatic rings. The third-order valence-corrected chi connectivity index (χ3v) is 7.16. The molecule has 2 N–H and O–H groups in total. The molecular formula is C23H28ClN3O4S. The van der Waals surface area contributed by atoms with Gasteiger partial charge in [-0.15, -0.1) is 0 Å². The van der Waals surface area contributed by atoms with E-state index in [0.717, 1.165) is 18.4 Å². The summed E-state index contributed by atoms with van der Waals surface area (Å²) in [5, 5.41) is 9.23. The molecule has 2 atom stereocenters. The summed E-state index contributed by atoms with van der Waals surface area (Å²) in [6, 6.07) is 9.87. The molecule has 0 spiro atoms. The van der Waals surface area contributed by atoms with E-state index in [9.17, 15) is 13.2 Å². The van der Waals surface area contributed by atoms with E-state index in [1.807, 2.05) is 18.3 Å². The largest absolute Gasteiger partial charge is 0.481 e. The summed E-state index contributed by atoms with van der Waals surface area (Å²) in [6.07, 6.45) is 10.8. The molecular weight excluding hydrogens is 450 g/mol. The maximum Gasteiger partial charge on any atom is 0.303 e. The van der Waals surface area contributed by atoms with Crippen LogP contribution in [-0.2, 0) is 21.4 Å². The minimum Gasteiger partial charge on any atom is -0.481 e. The number of carbonyl (C=O) groups is 1. The van der Waals surface area contributed by atoms with Gasteiger partial charge < -0.3 is 5.11 Å². The molecule has 0 unspecified atom stereocenters. The van der Waals surface area contributed by atoms with Crippen LogP contribution < -0.4 is 4.72 Å². The highest BCUT2D eigenvalue weighted by atomic mass is 35.5. The summed E-state index contributed by atoms with van der Waals surface area (Å²) < 4.78 is 28.5. The minimum atomic E-state index is -3.65. The van der Waals surface area contributed by atoms with Crippen molar-refractivity contribution in [2.45, 2.75) is 55.6 Å². The van der Waals surface area contributed by atoms with Gasteiger partial charge in [-0.3, -0.25) is 14.7 Å². The SMILES string of the molecule is O=C(O)CCCCC=C[C@@H]1C[C@@H](NS(=O)(=O)c2ccc(Cl)cc2)CN1Cc1cccnc1. The molecule has 2 heterocycles. The van der Waals surface area contributed by atoms with Crippen LogP contribution in [0.4, 0.5) is 0 Å². The molecule has 1 aromatic heterocycles. The zero-order valence-corrected chi connectivity index (χ0v) is 19.3. The topological polar surface area (TPSA) is 99.6 Å². The van der Waals surface area contributed by atoms with Crippen LogP contribution in [0, 0.1) is 0 Å². The second-order valence-electron chi connectivity index (χ2n) is 7.93. The van der Waals surface area contributed by atoms with Gasteiger partial charge in [0.25, 0.3) is 0 Å². The van der Waals surface area contributed by atoms with E-state index in [-0.39, 0.29) is 23.4 Å². The molecule has 1 aliphatic heterocycles. The van der Waals surface area contributed by atoms with Crippen molar-refractivity contribution < 1.29 is 18.3 Å². The first-order chi connectivity index (χ1) is 15.3. The molecule has 0 aliphatic carbocycles. The molecule has 1 fully saturated rings. The molecule has 0 bridgehead atoms. The summed E-state index contributed by atoms with van der Waals surface area (Å²) in [5.74, 6) is -0.775. The molecule has 1 saturated heterocycles. The second-order valence-corrected chi connectivity index (χ2v) is 10.1. The number of aliphatic carboxylic acids is 1. The summed E-state index contributed by atoms with van der Waals surface area (Å²) in [4.78, 5) is 17.2. The van der Waals surface area contributed by atoms with Crippen LogP contribution in [0.5, 0.6) is 0 Å². The molecule has 172 valence electrons. The van der Waals surface area contributed by atoms with Gasteiger partial charge >= 0.3 is 5.97 Å². The van der Waals surface area contributed by atoms with Crippen LogP contribution in [0.25, 0.3) is 0 Å². The Morgan fingerprint density at radius 3 is 2.72 bits per heavy atom. The van der Waals surface area contributed by atoms with Gasteiger partial charge in [0.05, 0.1) is 4.90 Å².